The van der Waals surface area contributed by atoms with E-state index in [0.29, 0.717) is 11.4 Å². The van der Waals surface area contributed by atoms with Gasteiger partial charge in [0.1, 0.15) is 12.0 Å². The Hall–Kier alpha value is -3.46. The van der Waals surface area contributed by atoms with Crippen molar-refractivity contribution in [2.24, 2.45) is 7.05 Å². The second-order valence-electron chi connectivity index (χ2n) is 5.67. The van der Waals surface area contributed by atoms with E-state index in [0.717, 1.165) is 15.7 Å². The molecule has 0 radical (unpaired) electrons. The van der Waals surface area contributed by atoms with Crippen molar-refractivity contribution >= 4 is 23.4 Å². The van der Waals surface area contributed by atoms with Crippen molar-refractivity contribution in [3.63, 3.8) is 0 Å². The van der Waals surface area contributed by atoms with Gasteiger partial charge in [-0.15, -0.1) is 10.2 Å². The van der Waals surface area contributed by atoms with E-state index >= 15 is 0 Å². The van der Waals surface area contributed by atoms with Crippen LogP contribution in [0.4, 0.5) is 5.69 Å². The second-order valence-corrected chi connectivity index (χ2v) is 6.71. The van der Waals surface area contributed by atoms with E-state index in [4.69, 9.17) is 0 Å². The highest BCUT2D eigenvalue weighted by Gasteiger charge is 2.10. The van der Waals surface area contributed by atoms with Crippen LogP contribution in [0, 0.1) is 0 Å². The Balaban J connectivity index is 1.45. The first-order chi connectivity index (χ1) is 13.2. The third kappa shape index (κ3) is 3.87. The van der Waals surface area contributed by atoms with E-state index in [9.17, 15) is 4.79 Å². The number of aromatic nitrogens is 6. The molecular formula is C18H15N7OS. The van der Waals surface area contributed by atoms with Crippen LogP contribution in [0.5, 0.6) is 0 Å². The van der Waals surface area contributed by atoms with Crippen LogP contribution in [0.25, 0.3) is 5.69 Å². The van der Waals surface area contributed by atoms with Gasteiger partial charge in [0.2, 0.25) is 0 Å². The second kappa shape index (κ2) is 7.42. The highest BCUT2D eigenvalue weighted by atomic mass is 32.2. The topological polar surface area (TPSA) is 90.5 Å². The summed E-state index contributed by atoms with van der Waals surface area (Å²) in [6.07, 6.45) is 8.42. The van der Waals surface area contributed by atoms with Crippen molar-refractivity contribution in [1.82, 2.24) is 29.3 Å². The number of imidazole rings is 1. The molecule has 4 rings (SSSR count). The lowest BCUT2D eigenvalue weighted by Gasteiger charge is -2.07. The van der Waals surface area contributed by atoms with E-state index in [1.165, 1.54) is 11.8 Å². The summed E-state index contributed by atoms with van der Waals surface area (Å²) in [5, 5.41) is 11.6. The summed E-state index contributed by atoms with van der Waals surface area (Å²) >= 11 is 1.50. The molecule has 1 amide bonds. The van der Waals surface area contributed by atoms with Crippen molar-refractivity contribution < 1.29 is 4.79 Å². The van der Waals surface area contributed by atoms with Gasteiger partial charge >= 0.3 is 0 Å². The van der Waals surface area contributed by atoms with Crippen molar-refractivity contribution in [2.75, 3.05) is 5.32 Å². The fourth-order valence-corrected chi connectivity index (χ4v) is 3.15. The molecule has 0 atom stereocenters. The number of carbonyl (C=O) groups is 1. The van der Waals surface area contributed by atoms with Gasteiger partial charge in [-0.1, -0.05) is 0 Å². The van der Waals surface area contributed by atoms with E-state index < -0.39 is 0 Å². The van der Waals surface area contributed by atoms with Gasteiger partial charge in [-0.05, 0) is 48.2 Å². The molecule has 0 saturated heterocycles. The van der Waals surface area contributed by atoms with Crippen LogP contribution in [0.1, 0.15) is 10.5 Å². The van der Waals surface area contributed by atoms with Crippen LogP contribution in [0.2, 0.25) is 0 Å². The predicted octanol–water partition coefficient (Wildman–Crippen LogP) is 2.80. The van der Waals surface area contributed by atoms with Crippen molar-refractivity contribution in [1.29, 1.82) is 0 Å². The predicted molar refractivity (Wildman–Crippen MR) is 101 cm³/mol. The number of aryl methyl sites for hydroxylation is 1. The number of amides is 1. The van der Waals surface area contributed by atoms with Crippen LogP contribution in [0.3, 0.4) is 0 Å². The molecule has 1 N–H and O–H groups in total. The molecule has 3 aromatic heterocycles. The molecule has 3 heterocycles. The zero-order valence-electron chi connectivity index (χ0n) is 14.4. The lowest BCUT2D eigenvalue weighted by atomic mass is 10.2. The Morgan fingerprint density at radius 1 is 1.11 bits per heavy atom. The minimum Gasteiger partial charge on any atom is -0.321 e. The summed E-state index contributed by atoms with van der Waals surface area (Å²) in [6.45, 7) is 0. The maximum atomic E-state index is 12.5. The van der Waals surface area contributed by atoms with Gasteiger partial charge in [-0.3, -0.25) is 9.78 Å². The van der Waals surface area contributed by atoms with Crippen LogP contribution in [-0.2, 0) is 7.05 Å². The van der Waals surface area contributed by atoms with E-state index in [1.54, 1.807) is 31.1 Å². The number of hydrogen-bond donors (Lipinski definition) is 1. The molecule has 4 aromatic rings. The molecule has 8 nitrogen and oxygen atoms in total. The molecule has 0 aliphatic rings. The summed E-state index contributed by atoms with van der Waals surface area (Å²) in [7, 11) is 1.89. The van der Waals surface area contributed by atoms with Gasteiger partial charge in [0.15, 0.2) is 5.16 Å². The first-order valence-corrected chi connectivity index (χ1v) is 8.88. The molecule has 1 aromatic carbocycles. The van der Waals surface area contributed by atoms with Crippen LogP contribution < -0.4 is 5.32 Å². The Labute approximate surface area is 159 Å². The lowest BCUT2D eigenvalue weighted by Crippen LogP contribution is -2.14. The van der Waals surface area contributed by atoms with Gasteiger partial charge in [-0.2, -0.15) is 0 Å². The number of hydrogen-bond acceptors (Lipinski definition) is 6. The first kappa shape index (κ1) is 17.0. The van der Waals surface area contributed by atoms with Crippen molar-refractivity contribution in [3.05, 3.63) is 73.3 Å². The summed E-state index contributed by atoms with van der Waals surface area (Å²) in [5.41, 5.74) is 1.85. The maximum Gasteiger partial charge on any atom is 0.274 e. The highest BCUT2D eigenvalue weighted by Crippen LogP contribution is 2.26. The minimum atomic E-state index is -0.273. The molecule has 0 aliphatic carbocycles. The number of benzene rings is 1. The van der Waals surface area contributed by atoms with Gasteiger partial charge < -0.3 is 14.5 Å². The third-order valence-electron chi connectivity index (χ3n) is 3.77. The molecule has 9 heteroatoms. The fraction of sp³-hybridized carbons (Fsp3) is 0.0556. The van der Waals surface area contributed by atoms with Gasteiger partial charge in [0, 0.05) is 36.2 Å². The molecule has 134 valence electrons. The van der Waals surface area contributed by atoms with Crippen molar-refractivity contribution in [2.45, 2.75) is 10.1 Å². The average molecular weight is 377 g/mol. The van der Waals surface area contributed by atoms with Crippen LogP contribution >= 0.6 is 11.8 Å². The number of nitrogens with one attached hydrogen (secondary N) is 1. The zero-order chi connectivity index (χ0) is 18.6. The first-order valence-electron chi connectivity index (χ1n) is 8.07. The number of pyridine rings is 1. The Kier molecular flexibility index (Phi) is 4.67. The van der Waals surface area contributed by atoms with E-state index in [1.807, 2.05) is 52.7 Å². The summed E-state index contributed by atoms with van der Waals surface area (Å²) in [4.78, 5) is 21.7. The molecule has 0 saturated carbocycles. The number of rotatable bonds is 5. The highest BCUT2D eigenvalue weighted by molar-refractivity contribution is 7.99. The minimum absolute atomic E-state index is 0.273. The SMILES string of the molecule is Cn1cnnc1Sc1ccc(NC(=O)c2cc(-n3ccnc3)ccn2)cc1. The standard InChI is InChI=1S/C18H15N7OS/c1-24-12-21-23-18(24)27-15-4-2-13(3-5-15)22-17(26)16-10-14(6-7-20-16)25-9-8-19-11-25/h2-12H,1H3,(H,22,26). The third-order valence-corrected chi connectivity index (χ3v) is 4.83. The molecule has 0 fully saturated rings. The summed E-state index contributed by atoms with van der Waals surface area (Å²) < 4.78 is 3.66. The quantitative estimate of drug-likeness (QED) is 0.575. The monoisotopic (exact) mass is 377 g/mol. The Morgan fingerprint density at radius 3 is 2.67 bits per heavy atom. The zero-order valence-corrected chi connectivity index (χ0v) is 15.2. The summed E-state index contributed by atoms with van der Waals surface area (Å²) in [5.74, 6) is -0.273. The van der Waals surface area contributed by atoms with Crippen LogP contribution in [0.15, 0.2) is 77.7 Å². The Bertz CT molecular complexity index is 1060. The number of anilines is 1. The molecule has 0 aliphatic heterocycles. The molecule has 0 spiro atoms. The molecule has 0 unspecified atom stereocenters. The normalized spacial score (nSPS) is 10.7. The number of carbonyl (C=O) groups excluding carboxylic acids is 1. The van der Waals surface area contributed by atoms with Crippen LogP contribution in [-0.4, -0.2) is 35.2 Å². The largest absolute Gasteiger partial charge is 0.321 e. The maximum absolute atomic E-state index is 12.5. The van der Waals surface area contributed by atoms with Gasteiger partial charge in [0.25, 0.3) is 5.91 Å². The van der Waals surface area contributed by atoms with Gasteiger partial charge in [0.05, 0.1) is 12.0 Å². The van der Waals surface area contributed by atoms with E-state index in [2.05, 4.69) is 25.5 Å². The fourth-order valence-electron chi connectivity index (χ4n) is 2.39. The smallest absolute Gasteiger partial charge is 0.274 e. The molecular weight excluding hydrogens is 362 g/mol. The molecule has 27 heavy (non-hydrogen) atoms. The summed E-state index contributed by atoms with van der Waals surface area (Å²) in [6, 6.07) is 11.1. The lowest BCUT2D eigenvalue weighted by molar-refractivity contribution is 0.102. The van der Waals surface area contributed by atoms with Gasteiger partial charge in [-0.25, -0.2) is 4.98 Å². The molecule has 0 bridgehead atoms. The average Bonchev–Trinajstić information content (AvgIpc) is 3.36. The Morgan fingerprint density at radius 2 is 1.96 bits per heavy atom. The number of nitrogens with zero attached hydrogens (tertiary/aromatic N) is 6. The van der Waals surface area contributed by atoms with Crippen molar-refractivity contribution in [3.8, 4) is 5.69 Å². The van der Waals surface area contributed by atoms with E-state index in [-0.39, 0.29) is 5.91 Å².